The predicted octanol–water partition coefficient (Wildman–Crippen LogP) is -1.71. The number of rotatable bonds is 7. The number of aliphatic hydroxyl groups is 4. The Hall–Kier alpha value is -2.86. The third-order valence-electron chi connectivity index (χ3n) is 3.54. The molecule has 11 heteroatoms. The second-order valence-corrected chi connectivity index (χ2v) is 5.48. The van der Waals surface area contributed by atoms with Gasteiger partial charge < -0.3 is 31.1 Å². The second-order valence-electron chi connectivity index (χ2n) is 5.48. The molecule has 0 fully saturated rings. The van der Waals surface area contributed by atoms with E-state index >= 15 is 0 Å². The number of aromatic nitrogens is 3. The summed E-state index contributed by atoms with van der Waals surface area (Å²) in [5.41, 5.74) is 8.47. The molecule has 0 bridgehead atoms. The number of H-pyrrole nitrogens is 1. The maximum Gasteiger partial charge on any atom is 0.272 e. The summed E-state index contributed by atoms with van der Waals surface area (Å²) in [5, 5.41) is 41.7. The number of hydrogen-bond acceptors (Lipinski definition) is 9. The van der Waals surface area contributed by atoms with Gasteiger partial charge in [-0.15, -0.1) is 0 Å². The number of aliphatic hydroxyl groups excluding tert-OH is 4. The second kappa shape index (κ2) is 8.49. The van der Waals surface area contributed by atoms with Crippen LogP contribution in [-0.4, -0.2) is 65.8 Å². The van der Waals surface area contributed by atoms with Gasteiger partial charge in [0, 0.05) is 6.20 Å². The molecule has 0 radical (unpaired) electrons. The van der Waals surface area contributed by atoms with Crippen LogP contribution >= 0.6 is 0 Å². The summed E-state index contributed by atoms with van der Waals surface area (Å²) in [4.78, 5) is 22.5. The first kappa shape index (κ1) is 19.5. The molecule has 11 nitrogen and oxygen atoms in total. The molecular weight excluding hydrogens is 344 g/mol. The zero-order chi connectivity index (χ0) is 19.3. The average Bonchev–Trinajstić information content (AvgIpc) is 3.14. The molecule has 0 aromatic carbocycles. The van der Waals surface area contributed by atoms with Crippen LogP contribution in [0.4, 0.5) is 5.82 Å². The Morgan fingerprint density at radius 1 is 1.31 bits per heavy atom. The van der Waals surface area contributed by atoms with Crippen molar-refractivity contribution < 1.29 is 25.2 Å². The molecular formula is C15H20N6O5. The summed E-state index contributed by atoms with van der Waals surface area (Å²) in [6, 6.07) is 2.98. The minimum Gasteiger partial charge on any atom is -0.394 e. The van der Waals surface area contributed by atoms with Crippen molar-refractivity contribution in [3.63, 3.8) is 0 Å². The first-order chi connectivity index (χ1) is 12.3. The fourth-order valence-electron chi connectivity index (χ4n) is 1.96. The minimum absolute atomic E-state index is 0.114. The first-order valence-electron chi connectivity index (χ1n) is 7.60. The van der Waals surface area contributed by atoms with Gasteiger partial charge in [-0.2, -0.15) is 5.10 Å². The van der Waals surface area contributed by atoms with Crippen molar-refractivity contribution in [1.82, 2.24) is 20.4 Å². The standard InChI is InChI=1S/C15H20N6O5/c1-7(20-21-15(26)8-2-3-11(16)17-4-8)14-18-5-9(19-14)12(24)13(25)10(23)6-22/h2-5,10,12-13,22-25H,6H2,1H3,(H2,16,17)(H,18,19)(H,21,26)/b20-7-. The third-order valence-corrected chi connectivity index (χ3v) is 3.54. The summed E-state index contributed by atoms with van der Waals surface area (Å²) in [5.74, 6) is 0.0297. The van der Waals surface area contributed by atoms with E-state index in [9.17, 15) is 20.1 Å². The van der Waals surface area contributed by atoms with Gasteiger partial charge in [0.1, 0.15) is 29.8 Å². The molecule has 0 aliphatic rings. The van der Waals surface area contributed by atoms with Crippen LogP contribution in [-0.2, 0) is 0 Å². The molecule has 2 aromatic heterocycles. The van der Waals surface area contributed by atoms with Crippen molar-refractivity contribution in [1.29, 1.82) is 0 Å². The lowest BCUT2D eigenvalue weighted by Crippen LogP contribution is -2.34. The molecule has 140 valence electrons. The van der Waals surface area contributed by atoms with Crippen LogP contribution in [0.5, 0.6) is 0 Å². The summed E-state index contributed by atoms with van der Waals surface area (Å²) in [6.45, 7) is 0.862. The summed E-state index contributed by atoms with van der Waals surface area (Å²) in [7, 11) is 0. The molecule has 1 amide bonds. The maximum atomic E-state index is 11.9. The van der Waals surface area contributed by atoms with Gasteiger partial charge in [0.15, 0.2) is 5.82 Å². The van der Waals surface area contributed by atoms with E-state index in [1.165, 1.54) is 24.5 Å². The third kappa shape index (κ3) is 4.61. The number of anilines is 1. The van der Waals surface area contributed by atoms with Crippen molar-refractivity contribution in [3.05, 3.63) is 41.6 Å². The maximum absolute atomic E-state index is 11.9. The van der Waals surface area contributed by atoms with Crippen LogP contribution in [0.2, 0.25) is 0 Å². The van der Waals surface area contributed by atoms with Gasteiger partial charge in [0.25, 0.3) is 5.91 Å². The van der Waals surface area contributed by atoms with Gasteiger partial charge >= 0.3 is 0 Å². The quantitative estimate of drug-likeness (QED) is 0.223. The molecule has 0 saturated heterocycles. The highest BCUT2D eigenvalue weighted by atomic mass is 16.4. The molecule has 0 spiro atoms. The summed E-state index contributed by atoms with van der Waals surface area (Å²) < 4.78 is 0. The number of nitrogens with zero attached hydrogens (tertiary/aromatic N) is 3. The number of carbonyl (C=O) groups is 1. The van der Waals surface area contributed by atoms with Gasteiger partial charge in [-0.1, -0.05) is 0 Å². The zero-order valence-electron chi connectivity index (χ0n) is 13.9. The molecule has 3 unspecified atom stereocenters. The molecule has 8 N–H and O–H groups in total. The van der Waals surface area contributed by atoms with E-state index in [1.54, 1.807) is 6.92 Å². The van der Waals surface area contributed by atoms with Gasteiger partial charge in [0.2, 0.25) is 0 Å². The minimum atomic E-state index is -1.59. The van der Waals surface area contributed by atoms with Gasteiger partial charge in [0.05, 0.1) is 24.1 Å². The number of pyridine rings is 1. The number of imidazole rings is 1. The van der Waals surface area contributed by atoms with Crippen molar-refractivity contribution in [3.8, 4) is 0 Å². The molecule has 2 rings (SSSR count). The fraction of sp³-hybridized carbons (Fsp3) is 0.333. The van der Waals surface area contributed by atoms with Crippen molar-refractivity contribution in [2.75, 3.05) is 12.3 Å². The smallest absolute Gasteiger partial charge is 0.272 e. The molecule has 2 heterocycles. The van der Waals surface area contributed by atoms with E-state index in [0.717, 1.165) is 0 Å². The Balaban J connectivity index is 2.04. The van der Waals surface area contributed by atoms with Gasteiger partial charge in [-0.25, -0.2) is 15.4 Å². The van der Waals surface area contributed by atoms with Crippen molar-refractivity contribution in [2.45, 2.75) is 25.2 Å². The van der Waals surface area contributed by atoms with E-state index in [1.807, 2.05) is 0 Å². The lowest BCUT2D eigenvalue weighted by Gasteiger charge is -2.20. The largest absolute Gasteiger partial charge is 0.394 e. The molecule has 0 aliphatic heterocycles. The zero-order valence-corrected chi connectivity index (χ0v) is 13.9. The highest BCUT2D eigenvalue weighted by molar-refractivity contribution is 5.98. The number of amides is 1. The first-order valence-corrected chi connectivity index (χ1v) is 7.60. The highest BCUT2D eigenvalue weighted by Gasteiger charge is 2.27. The molecule has 0 saturated carbocycles. The molecule has 26 heavy (non-hydrogen) atoms. The topological polar surface area (TPSA) is 190 Å². The number of nitrogens with two attached hydrogens (primary N) is 1. The SMILES string of the molecule is C/C(=N/NC(=O)c1ccc(N)nc1)c1ncc(C(O)C(O)C(O)CO)[nH]1. The van der Waals surface area contributed by atoms with Crippen LogP contribution < -0.4 is 11.2 Å². The van der Waals surface area contributed by atoms with E-state index in [4.69, 9.17) is 10.8 Å². The van der Waals surface area contributed by atoms with Gasteiger partial charge in [-0.3, -0.25) is 4.79 Å². The molecule has 0 aliphatic carbocycles. The van der Waals surface area contributed by atoms with Crippen molar-refractivity contribution in [2.24, 2.45) is 5.10 Å². The lowest BCUT2D eigenvalue weighted by molar-refractivity contribution is -0.0788. The van der Waals surface area contributed by atoms with Crippen LogP contribution in [0.1, 0.15) is 34.9 Å². The van der Waals surface area contributed by atoms with Crippen LogP contribution in [0.25, 0.3) is 0 Å². The number of carbonyl (C=O) groups excluding carboxylic acids is 1. The van der Waals surface area contributed by atoms with Crippen molar-refractivity contribution >= 4 is 17.4 Å². The molecule has 3 atom stereocenters. The van der Waals surface area contributed by atoms with E-state index in [0.29, 0.717) is 5.71 Å². The number of aromatic amines is 1. The highest BCUT2D eigenvalue weighted by Crippen LogP contribution is 2.17. The molecule has 2 aromatic rings. The number of nitrogen functional groups attached to an aromatic ring is 1. The number of hydrazone groups is 1. The Morgan fingerprint density at radius 3 is 2.65 bits per heavy atom. The number of hydrogen-bond donors (Lipinski definition) is 7. The van der Waals surface area contributed by atoms with Crippen LogP contribution in [0.15, 0.2) is 29.6 Å². The predicted molar refractivity (Wildman–Crippen MR) is 91.0 cm³/mol. The Kier molecular flexibility index (Phi) is 6.36. The van der Waals surface area contributed by atoms with Crippen LogP contribution in [0, 0.1) is 0 Å². The van der Waals surface area contributed by atoms with E-state index in [-0.39, 0.29) is 22.9 Å². The van der Waals surface area contributed by atoms with Crippen LogP contribution in [0.3, 0.4) is 0 Å². The lowest BCUT2D eigenvalue weighted by atomic mass is 10.1. The Bertz CT molecular complexity index is 775. The summed E-state index contributed by atoms with van der Waals surface area (Å²) in [6.07, 6.45) is -2.02. The Morgan fingerprint density at radius 2 is 2.04 bits per heavy atom. The fourth-order valence-corrected chi connectivity index (χ4v) is 1.96. The number of nitrogens with one attached hydrogen (secondary N) is 2. The summed E-state index contributed by atoms with van der Waals surface area (Å²) >= 11 is 0. The van der Waals surface area contributed by atoms with Gasteiger partial charge in [-0.05, 0) is 19.1 Å². The van der Waals surface area contributed by atoms with E-state index in [2.05, 4.69) is 25.5 Å². The Labute approximate surface area is 148 Å². The average molecular weight is 364 g/mol. The van der Waals surface area contributed by atoms with E-state index < -0.39 is 30.8 Å². The normalized spacial score (nSPS) is 15.3. The monoisotopic (exact) mass is 364 g/mol.